The van der Waals surface area contributed by atoms with Crippen LogP contribution in [0.5, 0.6) is 0 Å². The quantitative estimate of drug-likeness (QED) is 0.352. The van der Waals surface area contributed by atoms with Gasteiger partial charge in [-0.05, 0) is 51.9 Å². The number of alkyl halides is 1. The molecule has 2 N–H and O–H groups in total. The summed E-state index contributed by atoms with van der Waals surface area (Å²) in [7, 11) is 1.41. The molecule has 0 aromatic rings. The summed E-state index contributed by atoms with van der Waals surface area (Å²) in [4.78, 5) is 20.1. The molecule has 3 rings (SSSR count). The van der Waals surface area contributed by atoms with Crippen LogP contribution >= 0.6 is 15.9 Å². The standard InChI is InChI=1S/C21H35BrN4O3/c1-12(2)11-29-18(21(27)28-5)17-13(3)23-14(4)19(22)24-25-20(17)26-15-7-6-8-16(26)10-9-15/h12,14-16,18-19,24-25H,6-11H2,1-5H3/b20-17-,23-13-/t14?,15?,16?,18-,19?/m0/s1. The number of carbonyl (C=O) groups excluding carboxylic acids is 1. The highest BCUT2D eigenvalue weighted by molar-refractivity contribution is 9.09. The Hall–Kier alpha value is -1.12. The van der Waals surface area contributed by atoms with Gasteiger partial charge in [-0.1, -0.05) is 29.8 Å². The number of carbonyl (C=O) groups is 1. The average Bonchev–Trinajstić information content (AvgIpc) is 2.92. The fourth-order valence-electron chi connectivity index (χ4n) is 4.60. The molecule has 7 nitrogen and oxygen atoms in total. The number of nitrogens with one attached hydrogen (secondary N) is 2. The van der Waals surface area contributed by atoms with Crippen LogP contribution in [0.4, 0.5) is 0 Å². The third kappa shape index (κ3) is 4.97. The molecule has 0 aromatic carbocycles. The minimum Gasteiger partial charge on any atom is -0.467 e. The number of methoxy groups -OCH3 is 1. The number of fused-ring (bicyclic) bond motifs is 2. The van der Waals surface area contributed by atoms with E-state index in [1.54, 1.807) is 0 Å². The van der Waals surface area contributed by atoms with Gasteiger partial charge in [0, 0.05) is 17.8 Å². The Morgan fingerprint density at radius 3 is 2.52 bits per heavy atom. The number of hydrazine groups is 1. The molecule has 4 unspecified atom stereocenters. The van der Waals surface area contributed by atoms with E-state index in [2.05, 4.69) is 45.5 Å². The lowest BCUT2D eigenvalue weighted by Crippen LogP contribution is -2.53. The highest BCUT2D eigenvalue weighted by Crippen LogP contribution is 2.39. The molecule has 3 aliphatic heterocycles. The molecule has 29 heavy (non-hydrogen) atoms. The van der Waals surface area contributed by atoms with Gasteiger partial charge in [0.2, 0.25) is 0 Å². The van der Waals surface area contributed by atoms with Crippen LogP contribution in [0.25, 0.3) is 0 Å². The average molecular weight is 471 g/mol. The number of esters is 1. The summed E-state index contributed by atoms with van der Waals surface area (Å²) < 4.78 is 11.3. The van der Waals surface area contributed by atoms with E-state index in [0.717, 1.165) is 17.1 Å². The Labute approximate surface area is 182 Å². The van der Waals surface area contributed by atoms with Gasteiger partial charge in [0.25, 0.3) is 0 Å². The Balaban J connectivity index is 2.10. The van der Waals surface area contributed by atoms with Crippen molar-refractivity contribution in [3.8, 4) is 0 Å². The summed E-state index contributed by atoms with van der Waals surface area (Å²) in [6, 6.07) is 0.949. The summed E-state index contributed by atoms with van der Waals surface area (Å²) in [5.41, 5.74) is 8.37. The van der Waals surface area contributed by atoms with E-state index in [1.165, 1.54) is 39.2 Å². The first kappa shape index (κ1) is 22.6. The minimum atomic E-state index is -0.809. The van der Waals surface area contributed by atoms with Crippen LogP contribution in [-0.2, 0) is 14.3 Å². The van der Waals surface area contributed by atoms with Gasteiger partial charge in [0.05, 0.1) is 25.3 Å². The smallest absolute Gasteiger partial charge is 0.339 e. The van der Waals surface area contributed by atoms with Crippen molar-refractivity contribution in [3.63, 3.8) is 0 Å². The van der Waals surface area contributed by atoms with Gasteiger partial charge >= 0.3 is 5.97 Å². The highest BCUT2D eigenvalue weighted by Gasteiger charge is 2.42. The molecule has 0 spiro atoms. The number of halogens is 1. The van der Waals surface area contributed by atoms with Crippen molar-refractivity contribution >= 4 is 27.6 Å². The summed E-state index contributed by atoms with van der Waals surface area (Å²) in [6.45, 7) is 8.63. The summed E-state index contributed by atoms with van der Waals surface area (Å²) >= 11 is 3.67. The number of piperidine rings is 1. The van der Waals surface area contributed by atoms with Crippen LogP contribution < -0.4 is 10.9 Å². The molecule has 0 aliphatic carbocycles. The Bertz CT molecular complexity index is 650. The third-order valence-corrected chi connectivity index (χ3v) is 7.01. The predicted octanol–water partition coefficient (Wildman–Crippen LogP) is 3.11. The molecule has 0 saturated carbocycles. The normalized spacial score (nSPS) is 35.4. The largest absolute Gasteiger partial charge is 0.467 e. The number of hydrogen-bond donors (Lipinski definition) is 2. The molecule has 0 radical (unpaired) electrons. The number of ether oxygens (including phenoxy) is 2. The van der Waals surface area contributed by atoms with Crippen molar-refractivity contribution < 1.29 is 14.3 Å². The maximum absolute atomic E-state index is 12.8. The summed E-state index contributed by atoms with van der Waals surface area (Å²) in [5, 5.41) is 0. The maximum atomic E-state index is 12.8. The Morgan fingerprint density at radius 2 is 1.93 bits per heavy atom. The van der Waals surface area contributed by atoms with E-state index >= 15 is 0 Å². The van der Waals surface area contributed by atoms with Crippen LogP contribution in [0.3, 0.4) is 0 Å². The molecule has 8 heteroatoms. The van der Waals surface area contributed by atoms with Crippen molar-refractivity contribution in [1.82, 2.24) is 15.8 Å². The van der Waals surface area contributed by atoms with Crippen LogP contribution in [0.1, 0.15) is 59.8 Å². The summed E-state index contributed by atoms with van der Waals surface area (Å²) in [6.07, 6.45) is 5.17. The lowest BCUT2D eigenvalue weighted by atomic mass is 9.98. The topological polar surface area (TPSA) is 75.2 Å². The van der Waals surface area contributed by atoms with Gasteiger partial charge in [-0.3, -0.25) is 4.99 Å². The van der Waals surface area contributed by atoms with Crippen molar-refractivity contribution in [2.24, 2.45) is 10.9 Å². The lowest BCUT2D eigenvalue weighted by Gasteiger charge is -2.41. The molecular formula is C21H35BrN4O3. The van der Waals surface area contributed by atoms with Gasteiger partial charge < -0.3 is 19.8 Å². The number of nitrogens with zero attached hydrogens (tertiary/aromatic N) is 2. The SMILES string of the molecule is COC(=O)[C@@H](OCC(C)C)C1=C(\N2C3CCCC2CC3)NNC(Br)C(C)/N=C\1C. The summed E-state index contributed by atoms with van der Waals surface area (Å²) in [5.74, 6) is 0.830. The first-order valence-electron chi connectivity index (χ1n) is 10.8. The van der Waals surface area contributed by atoms with Gasteiger partial charge in [-0.2, -0.15) is 0 Å². The molecule has 3 aliphatic rings. The minimum absolute atomic E-state index is 0.0134. The molecule has 2 fully saturated rings. The van der Waals surface area contributed by atoms with Gasteiger partial charge in [-0.15, -0.1) is 0 Å². The van der Waals surface area contributed by atoms with Gasteiger partial charge in [0.1, 0.15) is 10.8 Å². The van der Waals surface area contributed by atoms with E-state index in [1.807, 2.05) is 13.8 Å². The van der Waals surface area contributed by atoms with Crippen molar-refractivity contribution in [1.29, 1.82) is 0 Å². The second kappa shape index (κ2) is 9.79. The molecule has 0 aromatic heterocycles. The fraction of sp³-hybridized carbons (Fsp3) is 0.810. The van der Waals surface area contributed by atoms with Crippen molar-refractivity contribution in [3.05, 3.63) is 11.4 Å². The van der Waals surface area contributed by atoms with E-state index in [-0.39, 0.29) is 17.0 Å². The molecule has 3 heterocycles. The van der Waals surface area contributed by atoms with Crippen molar-refractivity contribution in [2.75, 3.05) is 13.7 Å². The van der Waals surface area contributed by atoms with Crippen LogP contribution in [0.2, 0.25) is 0 Å². The first-order chi connectivity index (χ1) is 13.8. The van der Waals surface area contributed by atoms with E-state index in [9.17, 15) is 4.79 Å². The second-order valence-corrected chi connectivity index (χ2v) is 9.73. The van der Waals surface area contributed by atoms with E-state index in [0.29, 0.717) is 24.6 Å². The maximum Gasteiger partial charge on any atom is 0.339 e. The Kier molecular flexibility index (Phi) is 7.62. The van der Waals surface area contributed by atoms with Gasteiger partial charge in [0.15, 0.2) is 6.10 Å². The first-order valence-corrected chi connectivity index (χ1v) is 11.7. The van der Waals surface area contributed by atoms with Crippen LogP contribution in [0.15, 0.2) is 16.4 Å². The number of aliphatic imine (C=N–C) groups is 1. The zero-order valence-corrected chi connectivity index (χ0v) is 19.8. The highest BCUT2D eigenvalue weighted by atomic mass is 79.9. The number of hydrogen-bond acceptors (Lipinski definition) is 7. The second-order valence-electron chi connectivity index (χ2n) is 8.74. The zero-order valence-electron chi connectivity index (χ0n) is 18.2. The van der Waals surface area contributed by atoms with Gasteiger partial charge in [-0.25, -0.2) is 10.2 Å². The van der Waals surface area contributed by atoms with Crippen LogP contribution in [0, 0.1) is 5.92 Å². The fourth-order valence-corrected chi connectivity index (χ4v) is 4.83. The molecule has 0 amide bonds. The third-order valence-electron chi connectivity index (χ3n) is 6.02. The molecule has 5 atom stereocenters. The lowest BCUT2D eigenvalue weighted by molar-refractivity contribution is -0.151. The zero-order chi connectivity index (χ0) is 21.1. The molecule has 164 valence electrons. The monoisotopic (exact) mass is 470 g/mol. The van der Waals surface area contributed by atoms with Crippen molar-refractivity contribution in [2.45, 2.75) is 89.0 Å². The van der Waals surface area contributed by atoms with Crippen LogP contribution in [-0.4, -0.2) is 59.5 Å². The molecular weight excluding hydrogens is 436 g/mol. The Morgan fingerprint density at radius 1 is 1.28 bits per heavy atom. The predicted molar refractivity (Wildman–Crippen MR) is 118 cm³/mol. The number of rotatable bonds is 6. The van der Waals surface area contributed by atoms with E-state index in [4.69, 9.17) is 14.5 Å². The molecule has 2 saturated heterocycles. The molecule has 2 bridgehead atoms. The van der Waals surface area contributed by atoms with E-state index < -0.39 is 6.10 Å².